The summed E-state index contributed by atoms with van der Waals surface area (Å²) in [6.07, 6.45) is -0.291. The molecule has 0 saturated heterocycles. The average Bonchev–Trinajstić information content (AvgIpc) is 2.83. The van der Waals surface area contributed by atoms with Crippen LogP contribution < -0.4 is 14.8 Å². The number of esters is 2. The highest BCUT2D eigenvalue weighted by Gasteiger charge is 2.22. The second kappa shape index (κ2) is 16.4. The maximum absolute atomic E-state index is 12.3. The largest absolute Gasteiger partial charge is 0.513 e. The molecule has 0 fully saturated rings. The van der Waals surface area contributed by atoms with Crippen LogP contribution in [0.15, 0.2) is 18.2 Å². The third kappa shape index (κ3) is 13.5. The van der Waals surface area contributed by atoms with Crippen molar-refractivity contribution >= 4 is 24.2 Å². The highest BCUT2D eigenvalue weighted by atomic mass is 16.7. The van der Waals surface area contributed by atoms with Crippen LogP contribution >= 0.6 is 0 Å². The third-order valence-corrected chi connectivity index (χ3v) is 4.60. The summed E-state index contributed by atoms with van der Waals surface area (Å²) in [6.45, 7) is 10.1. The minimum absolute atomic E-state index is 0.0494. The predicted octanol–water partition coefficient (Wildman–Crippen LogP) is 4.19. The van der Waals surface area contributed by atoms with Gasteiger partial charge in [-0.15, -0.1) is 0 Å². The van der Waals surface area contributed by atoms with Crippen LogP contribution in [0, 0.1) is 5.41 Å². The first-order valence-electron chi connectivity index (χ1n) is 12.3. The zero-order valence-corrected chi connectivity index (χ0v) is 22.5. The summed E-state index contributed by atoms with van der Waals surface area (Å²) in [7, 11) is 1.26. The topological polar surface area (TPSA) is 136 Å². The molecule has 0 radical (unpaired) electrons. The lowest BCUT2D eigenvalue weighted by Crippen LogP contribution is -2.41. The Morgan fingerprint density at radius 1 is 0.865 bits per heavy atom. The number of methoxy groups -OCH3 is 1. The molecule has 11 nitrogen and oxygen atoms in total. The molecule has 11 heteroatoms. The Hall–Kier alpha value is -3.34. The first-order chi connectivity index (χ1) is 17.5. The number of hydrogen-bond acceptors (Lipinski definition) is 11. The van der Waals surface area contributed by atoms with Gasteiger partial charge in [0.25, 0.3) is 0 Å². The normalized spacial score (nSPS) is 11.7. The van der Waals surface area contributed by atoms with Gasteiger partial charge in [-0.2, -0.15) is 0 Å². The lowest BCUT2D eigenvalue weighted by atomic mass is 9.93. The predicted molar refractivity (Wildman–Crippen MR) is 134 cm³/mol. The number of benzene rings is 1. The van der Waals surface area contributed by atoms with Gasteiger partial charge in [0.2, 0.25) is 0 Å². The minimum atomic E-state index is -0.967. The monoisotopic (exact) mass is 525 g/mol. The smallest absolute Gasteiger partial charge is 0.468 e. The van der Waals surface area contributed by atoms with E-state index in [0.29, 0.717) is 18.4 Å². The van der Waals surface area contributed by atoms with E-state index >= 15 is 0 Å². The van der Waals surface area contributed by atoms with Crippen LogP contribution in [0.2, 0.25) is 0 Å². The van der Waals surface area contributed by atoms with E-state index in [4.69, 9.17) is 28.4 Å². The van der Waals surface area contributed by atoms with E-state index in [-0.39, 0.29) is 62.1 Å². The quantitative estimate of drug-likeness (QED) is 0.162. The molecule has 208 valence electrons. The van der Waals surface area contributed by atoms with Crippen LogP contribution in [0.1, 0.15) is 59.4 Å². The van der Waals surface area contributed by atoms with Gasteiger partial charge in [-0.1, -0.05) is 40.7 Å². The highest BCUT2D eigenvalue weighted by Crippen LogP contribution is 2.30. The number of nitrogens with one attached hydrogen (secondary N) is 1. The minimum Gasteiger partial charge on any atom is -0.468 e. The summed E-state index contributed by atoms with van der Waals surface area (Å²) < 4.78 is 30.4. The molecule has 0 aliphatic heterocycles. The lowest BCUT2D eigenvalue weighted by Gasteiger charge is -2.19. The van der Waals surface area contributed by atoms with Crippen LogP contribution in [-0.4, -0.2) is 63.8 Å². The summed E-state index contributed by atoms with van der Waals surface area (Å²) in [5, 5.41) is 3.01. The summed E-state index contributed by atoms with van der Waals surface area (Å²) in [5.41, 5.74) is 0.380. The van der Waals surface area contributed by atoms with Gasteiger partial charge in [0, 0.05) is 6.54 Å². The van der Waals surface area contributed by atoms with Gasteiger partial charge < -0.3 is 33.7 Å². The number of carbonyl (C=O) groups excluding carboxylic acids is 4. The lowest BCUT2D eigenvalue weighted by molar-refractivity contribution is -0.145. The highest BCUT2D eigenvalue weighted by molar-refractivity contribution is 5.76. The van der Waals surface area contributed by atoms with Crippen molar-refractivity contribution in [2.24, 2.45) is 5.41 Å². The van der Waals surface area contributed by atoms with Crippen LogP contribution in [0.25, 0.3) is 0 Å². The molecule has 0 amide bonds. The molecule has 0 aliphatic carbocycles. The molecule has 0 unspecified atom stereocenters. The summed E-state index contributed by atoms with van der Waals surface area (Å²) >= 11 is 0. The molecule has 1 aromatic rings. The van der Waals surface area contributed by atoms with Gasteiger partial charge in [-0.3, -0.25) is 9.59 Å². The Bertz CT molecular complexity index is 894. The van der Waals surface area contributed by atoms with Crippen molar-refractivity contribution in [1.82, 2.24) is 5.32 Å². The van der Waals surface area contributed by atoms with Gasteiger partial charge >= 0.3 is 24.2 Å². The third-order valence-electron chi connectivity index (χ3n) is 4.60. The van der Waals surface area contributed by atoms with Crippen LogP contribution in [0.5, 0.6) is 11.5 Å². The van der Waals surface area contributed by atoms with Crippen LogP contribution in [0.3, 0.4) is 0 Å². The average molecular weight is 526 g/mol. The van der Waals surface area contributed by atoms with Crippen molar-refractivity contribution in [1.29, 1.82) is 0 Å². The molecular weight excluding hydrogens is 486 g/mol. The van der Waals surface area contributed by atoms with Gasteiger partial charge in [-0.25, -0.2) is 9.59 Å². The molecule has 0 saturated carbocycles. The first kappa shape index (κ1) is 31.7. The summed E-state index contributed by atoms with van der Waals surface area (Å²) in [5.74, 6) is -0.985. The van der Waals surface area contributed by atoms with Crippen LogP contribution in [0.4, 0.5) is 9.59 Å². The molecule has 0 heterocycles. The van der Waals surface area contributed by atoms with E-state index in [9.17, 15) is 19.2 Å². The Kier molecular flexibility index (Phi) is 14.1. The SMILES string of the molecule is CCCOC(=O)Oc1ccc(C[C@H](NCCOC(=O)CC(C)(C)C)C(=O)OC)cc1OC(=O)OCCC. The van der Waals surface area contributed by atoms with Crippen molar-refractivity contribution in [2.75, 3.05) is 33.5 Å². The first-order valence-corrected chi connectivity index (χ1v) is 12.3. The second-order valence-electron chi connectivity index (χ2n) is 9.37. The van der Waals surface area contributed by atoms with Crippen molar-refractivity contribution < 1.29 is 47.6 Å². The molecule has 1 N–H and O–H groups in total. The van der Waals surface area contributed by atoms with E-state index in [2.05, 4.69) is 5.32 Å². The van der Waals surface area contributed by atoms with E-state index < -0.39 is 24.3 Å². The molecule has 1 aromatic carbocycles. The maximum Gasteiger partial charge on any atom is 0.513 e. The molecule has 0 bridgehead atoms. The molecular formula is C26H39NO10. The van der Waals surface area contributed by atoms with E-state index in [1.165, 1.54) is 19.2 Å². The van der Waals surface area contributed by atoms with Crippen molar-refractivity contribution in [3.8, 4) is 11.5 Å². The number of carbonyl (C=O) groups is 4. The standard InChI is InChI=1S/C26H39NO10/c1-7-12-34-24(30)36-20-10-9-18(16-21(20)37-25(31)35-13-8-2)15-19(23(29)32-6)27-11-14-33-22(28)17-26(3,4)5/h9-10,16,19,27H,7-8,11-15,17H2,1-6H3/t19-/m0/s1. The fourth-order valence-electron chi connectivity index (χ4n) is 2.95. The number of rotatable bonds is 14. The number of hydrogen-bond donors (Lipinski definition) is 1. The Balaban J connectivity index is 2.94. The summed E-state index contributed by atoms with van der Waals surface area (Å²) in [6, 6.07) is 3.70. The van der Waals surface area contributed by atoms with Gasteiger partial charge in [0.15, 0.2) is 11.5 Å². The van der Waals surface area contributed by atoms with Crippen LogP contribution in [-0.2, 0) is 35.0 Å². The Labute approximate surface area is 218 Å². The van der Waals surface area contributed by atoms with E-state index in [1.807, 2.05) is 34.6 Å². The summed E-state index contributed by atoms with van der Waals surface area (Å²) in [4.78, 5) is 48.2. The molecule has 1 rings (SSSR count). The fraction of sp³-hybridized carbons (Fsp3) is 0.615. The number of ether oxygens (including phenoxy) is 6. The van der Waals surface area contributed by atoms with Gasteiger partial charge in [0.1, 0.15) is 12.6 Å². The molecule has 0 aliphatic rings. The zero-order chi connectivity index (χ0) is 27.8. The van der Waals surface area contributed by atoms with Crippen molar-refractivity contribution in [2.45, 2.75) is 66.3 Å². The zero-order valence-electron chi connectivity index (χ0n) is 22.5. The molecule has 1 atom stereocenters. The maximum atomic E-state index is 12.3. The molecule has 0 aromatic heterocycles. The Morgan fingerprint density at radius 3 is 2.00 bits per heavy atom. The van der Waals surface area contributed by atoms with Gasteiger partial charge in [-0.05, 0) is 42.4 Å². The fourth-order valence-corrected chi connectivity index (χ4v) is 2.95. The molecule has 0 spiro atoms. The van der Waals surface area contributed by atoms with Gasteiger partial charge in [0.05, 0.1) is 26.7 Å². The van der Waals surface area contributed by atoms with Crippen molar-refractivity contribution in [3.63, 3.8) is 0 Å². The second-order valence-corrected chi connectivity index (χ2v) is 9.37. The molecule has 37 heavy (non-hydrogen) atoms. The van der Waals surface area contributed by atoms with E-state index in [1.54, 1.807) is 6.07 Å². The van der Waals surface area contributed by atoms with E-state index in [0.717, 1.165) is 0 Å². The Morgan fingerprint density at radius 2 is 1.46 bits per heavy atom. The van der Waals surface area contributed by atoms with Crippen molar-refractivity contribution in [3.05, 3.63) is 23.8 Å².